The highest BCUT2D eigenvalue weighted by Crippen LogP contribution is 2.18. The maximum atomic E-state index is 12.5. The third kappa shape index (κ3) is 5.09. The van der Waals surface area contributed by atoms with Crippen molar-refractivity contribution in [2.75, 3.05) is 32.8 Å². The molecule has 1 rings (SSSR count). The van der Waals surface area contributed by atoms with Crippen LogP contribution in [-0.2, 0) is 9.53 Å². The second kappa shape index (κ2) is 7.22. The highest BCUT2D eigenvalue weighted by molar-refractivity contribution is 5.80. The van der Waals surface area contributed by atoms with Gasteiger partial charge in [0.05, 0.1) is 24.7 Å². The van der Waals surface area contributed by atoms with Crippen molar-refractivity contribution < 1.29 is 14.6 Å². The van der Waals surface area contributed by atoms with Crippen LogP contribution in [0.25, 0.3) is 0 Å². The van der Waals surface area contributed by atoms with Crippen molar-refractivity contribution in [2.45, 2.75) is 45.8 Å². The summed E-state index contributed by atoms with van der Waals surface area (Å²) in [7, 11) is 0. The van der Waals surface area contributed by atoms with Crippen LogP contribution in [0, 0.1) is 5.92 Å². The normalized spacial score (nSPS) is 23.6. The lowest BCUT2D eigenvalue weighted by molar-refractivity contribution is -0.138. The Hall–Kier alpha value is -0.650. The molecule has 1 heterocycles. The fraction of sp³-hybridized carbons (Fsp3) is 0.929. The Morgan fingerprint density at radius 2 is 2.11 bits per heavy atom. The summed E-state index contributed by atoms with van der Waals surface area (Å²) in [5.74, 6) is -0.0513. The topological polar surface area (TPSA) is 61.8 Å². The summed E-state index contributed by atoms with van der Waals surface area (Å²) in [6.07, 6.45) is 1.04. The van der Waals surface area contributed by atoms with Gasteiger partial charge in [0.25, 0.3) is 0 Å². The molecule has 112 valence electrons. The first-order valence-corrected chi connectivity index (χ1v) is 7.21. The van der Waals surface area contributed by atoms with Crippen LogP contribution < -0.4 is 5.32 Å². The van der Waals surface area contributed by atoms with E-state index in [2.05, 4.69) is 12.2 Å². The summed E-state index contributed by atoms with van der Waals surface area (Å²) < 4.78 is 5.44. The number of carbonyl (C=O) groups excluding carboxylic acids is 1. The average Bonchev–Trinajstić information content (AvgIpc) is 2.79. The molecule has 1 aliphatic heterocycles. The van der Waals surface area contributed by atoms with Crippen molar-refractivity contribution in [3.8, 4) is 0 Å². The summed E-state index contributed by atoms with van der Waals surface area (Å²) in [6, 6.07) is 0.100. The third-order valence-electron chi connectivity index (χ3n) is 3.33. The molecular weight excluding hydrogens is 244 g/mol. The van der Waals surface area contributed by atoms with Crippen molar-refractivity contribution in [1.29, 1.82) is 0 Å². The molecule has 0 bridgehead atoms. The molecule has 5 heteroatoms. The number of hydrogen-bond donors (Lipinski definition) is 2. The third-order valence-corrected chi connectivity index (χ3v) is 3.33. The van der Waals surface area contributed by atoms with Crippen LogP contribution in [-0.4, -0.2) is 60.4 Å². The number of carbonyl (C=O) groups is 1. The van der Waals surface area contributed by atoms with Gasteiger partial charge in [-0.2, -0.15) is 0 Å². The average molecular weight is 272 g/mol. The number of rotatable bonds is 7. The van der Waals surface area contributed by atoms with Gasteiger partial charge < -0.3 is 20.1 Å². The van der Waals surface area contributed by atoms with E-state index in [-0.39, 0.29) is 17.9 Å². The second-order valence-corrected chi connectivity index (χ2v) is 5.87. The van der Waals surface area contributed by atoms with Crippen LogP contribution in [0.15, 0.2) is 0 Å². The highest BCUT2D eigenvalue weighted by atomic mass is 16.5. The Morgan fingerprint density at radius 3 is 2.63 bits per heavy atom. The number of aliphatic hydroxyl groups is 1. The van der Waals surface area contributed by atoms with Crippen molar-refractivity contribution >= 4 is 5.91 Å². The minimum atomic E-state index is -0.864. The highest BCUT2D eigenvalue weighted by Gasteiger charge is 2.36. The van der Waals surface area contributed by atoms with E-state index in [1.165, 1.54) is 0 Å². The summed E-state index contributed by atoms with van der Waals surface area (Å²) in [4.78, 5) is 14.2. The largest absolute Gasteiger partial charge is 0.389 e. The Balaban J connectivity index is 2.62. The molecule has 0 aliphatic carbocycles. The zero-order valence-electron chi connectivity index (χ0n) is 12.6. The molecule has 5 nitrogen and oxygen atoms in total. The molecule has 0 radical (unpaired) electrons. The smallest absolute Gasteiger partial charge is 0.229 e. The number of likely N-dealkylation sites (N-methyl/N-ethyl adjacent to an activating group) is 1. The zero-order valence-corrected chi connectivity index (χ0v) is 12.6. The molecule has 0 aromatic carbocycles. The first kappa shape index (κ1) is 16.4. The molecule has 1 aliphatic rings. The van der Waals surface area contributed by atoms with E-state index in [9.17, 15) is 9.90 Å². The van der Waals surface area contributed by atoms with Gasteiger partial charge in [-0.1, -0.05) is 6.92 Å². The van der Waals surface area contributed by atoms with Crippen LogP contribution >= 0.6 is 0 Å². The molecule has 1 saturated heterocycles. The molecule has 2 unspecified atom stereocenters. The predicted octanol–water partition coefficient (Wildman–Crippen LogP) is 0.620. The van der Waals surface area contributed by atoms with E-state index < -0.39 is 5.60 Å². The van der Waals surface area contributed by atoms with E-state index in [0.717, 1.165) is 13.0 Å². The van der Waals surface area contributed by atoms with E-state index in [1.807, 2.05) is 6.92 Å². The van der Waals surface area contributed by atoms with Gasteiger partial charge in [0.1, 0.15) is 0 Å². The molecule has 0 spiro atoms. The molecule has 0 saturated carbocycles. The quantitative estimate of drug-likeness (QED) is 0.713. The van der Waals surface area contributed by atoms with Gasteiger partial charge >= 0.3 is 0 Å². The maximum absolute atomic E-state index is 12.5. The number of nitrogens with one attached hydrogen (secondary N) is 1. The van der Waals surface area contributed by atoms with Crippen molar-refractivity contribution in [3.63, 3.8) is 0 Å². The fourth-order valence-electron chi connectivity index (χ4n) is 2.38. The molecular formula is C14H28N2O3. The van der Waals surface area contributed by atoms with Crippen LogP contribution in [0.5, 0.6) is 0 Å². The SMILES string of the molecule is CCCNC1COCC1C(=O)N(CC)CC(C)(C)O. The van der Waals surface area contributed by atoms with Crippen molar-refractivity contribution in [2.24, 2.45) is 5.92 Å². The molecule has 1 fully saturated rings. The molecule has 0 aromatic rings. The lowest BCUT2D eigenvalue weighted by Crippen LogP contribution is -2.49. The zero-order chi connectivity index (χ0) is 14.5. The number of amides is 1. The van der Waals surface area contributed by atoms with Gasteiger partial charge in [0, 0.05) is 19.1 Å². The van der Waals surface area contributed by atoms with Crippen LogP contribution in [0.4, 0.5) is 0 Å². The fourth-order valence-corrected chi connectivity index (χ4v) is 2.38. The Labute approximate surface area is 116 Å². The summed E-state index contributed by atoms with van der Waals surface area (Å²) in [5.41, 5.74) is -0.864. The lowest BCUT2D eigenvalue weighted by atomic mass is 10.0. The summed E-state index contributed by atoms with van der Waals surface area (Å²) in [5, 5.41) is 13.2. The van der Waals surface area contributed by atoms with Gasteiger partial charge in [-0.3, -0.25) is 4.79 Å². The Bertz CT molecular complexity index is 289. The number of ether oxygens (including phenoxy) is 1. The molecule has 0 aromatic heterocycles. The van der Waals surface area contributed by atoms with E-state index in [1.54, 1.807) is 18.7 Å². The van der Waals surface area contributed by atoms with Crippen LogP contribution in [0.1, 0.15) is 34.1 Å². The summed E-state index contributed by atoms with van der Waals surface area (Å²) >= 11 is 0. The standard InChI is InChI=1S/C14H28N2O3/c1-5-7-15-12-9-19-8-11(12)13(17)16(6-2)10-14(3,4)18/h11-12,15,18H,5-10H2,1-4H3. The maximum Gasteiger partial charge on any atom is 0.229 e. The van der Waals surface area contributed by atoms with E-state index >= 15 is 0 Å². The molecule has 19 heavy (non-hydrogen) atoms. The van der Waals surface area contributed by atoms with Crippen molar-refractivity contribution in [3.05, 3.63) is 0 Å². The van der Waals surface area contributed by atoms with Gasteiger partial charge in [0.2, 0.25) is 5.91 Å². The number of nitrogens with zero attached hydrogens (tertiary/aromatic N) is 1. The van der Waals surface area contributed by atoms with Crippen molar-refractivity contribution in [1.82, 2.24) is 10.2 Å². The van der Waals surface area contributed by atoms with E-state index in [0.29, 0.717) is 26.3 Å². The Morgan fingerprint density at radius 1 is 1.42 bits per heavy atom. The van der Waals surface area contributed by atoms with Gasteiger partial charge in [-0.25, -0.2) is 0 Å². The number of hydrogen-bond acceptors (Lipinski definition) is 4. The molecule has 2 atom stereocenters. The van der Waals surface area contributed by atoms with E-state index in [4.69, 9.17) is 4.74 Å². The second-order valence-electron chi connectivity index (χ2n) is 5.87. The minimum Gasteiger partial charge on any atom is -0.389 e. The first-order chi connectivity index (χ1) is 8.89. The van der Waals surface area contributed by atoms with Gasteiger partial charge in [-0.05, 0) is 33.7 Å². The van der Waals surface area contributed by atoms with Crippen LogP contribution in [0.2, 0.25) is 0 Å². The predicted molar refractivity (Wildman–Crippen MR) is 74.9 cm³/mol. The Kier molecular flexibility index (Phi) is 6.23. The molecule has 1 amide bonds. The monoisotopic (exact) mass is 272 g/mol. The van der Waals surface area contributed by atoms with Crippen LogP contribution in [0.3, 0.4) is 0 Å². The lowest BCUT2D eigenvalue weighted by Gasteiger charge is -2.31. The summed E-state index contributed by atoms with van der Waals surface area (Å²) in [6.45, 7) is 10.4. The first-order valence-electron chi connectivity index (χ1n) is 7.21. The van der Waals surface area contributed by atoms with Gasteiger partial charge in [0.15, 0.2) is 0 Å². The van der Waals surface area contributed by atoms with Gasteiger partial charge in [-0.15, -0.1) is 0 Å². The molecule has 2 N–H and O–H groups in total. The minimum absolute atomic E-state index is 0.0794.